The van der Waals surface area contributed by atoms with Crippen LogP contribution in [-0.2, 0) is 9.53 Å². The summed E-state index contributed by atoms with van der Waals surface area (Å²) in [7, 11) is 0. The van der Waals surface area contributed by atoms with Crippen molar-refractivity contribution in [3.8, 4) is 0 Å². The minimum atomic E-state index is -0.238. The molecule has 0 amide bonds. The smallest absolute Gasteiger partial charge is 0.321 e. The number of fused-ring (bicyclic) bond motifs is 5. The first-order valence-corrected chi connectivity index (χ1v) is 10.8. The Balaban J connectivity index is 1.49. The molecule has 136 valence electrons. The van der Waals surface area contributed by atoms with Crippen molar-refractivity contribution >= 4 is 17.6 Å². The van der Waals surface area contributed by atoms with Crippen LogP contribution in [0.15, 0.2) is 0 Å². The van der Waals surface area contributed by atoms with Gasteiger partial charge in [-0.2, -0.15) is 0 Å². The molecule has 4 aliphatic carbocycles. The molecule has 0 bridgehead atoms. The van der Waals surface area contributed by atoms with Crippen molar-refractivity contribution in [2.45, 2.75) is 84.2 Å². The molecule has 0 heterocycles. The summed E-state index contributed by atoms with van der Waals surface area (Å²) in [4.78, 5) is 11.6. The van der Waals surface area contributed by atoms with E-state index in [-0.39, 0.29) is 18.0 Å². The lowest BCUT2D eigenvalue weighted by molar-refractivity contribution is -0.158. The van der Waals surface area contributed by atoms with E-state index in [2.05, 4.69) is 13.8 Å². The van der Waals surface area contributed by atoms with Gasteiger partial charge < -0.3 is 4.74 Å². The zero-order chi connectivity index (χ0) is 16.9. The fourth-order valence-electron chi connectivity index (χ4n) is 7.54. The van der Waals surface area contributed by atoms with Gasteiger partial charge in [0.2, 0.25) is 0 Å². The number of hydrogen-bond acceptors (Lipinski definition) is 2. The maximum absolute atomic E-state index is 11.6. The minimum Gasteiger partial charge on any atom is -0.461 e. The van der Waals surface area contributed by atoms with Crippen LogP contribution in [0, 0.1) is 34.5 Å². The molecule has 0 spiro atoms. The molecule has 4 saturated carbocycles. The van der Waals surface area contributed by atoms with E-state index >= 15 is 0 Å². The quantitative estimate of drug-likeness (QED) is 0.479. The number of rotatable bonds is 2. The number of halogens is 1. The van der Waals surface area contributed by atoms with Crippen molar-refractivity contribution in [1.29, 1.82) is 0 Å². The van der Waals surface area contributed by atoms with Crippen LogP contribution in [0.5, 0.6) is 0 Å². The van der Waals surface area contributed by atoms with Crippen LogP contribution in [0.2, 0.25) is 0 Å². The van der Waals surface area contributed by atoms with E-state index in [9.17, 15) is 4.79 Å². The molecule has 0 aromatic rings. The van der Waals surface area contributed by atoms with E-state index in [1.807, 2.05) is 0 Å². The molecule has 0 aromatic heterocycles. The molecule has 0 saturated heterocycles. The van der Waals surface area contributed by atoms with Gasteiger partial charge in [-0.25, -0.2) is 0 Å². The third-order valence-corrected chi connectivity index (χ3v) is 9.02. The Kier molecular flexibility index (Phi) is 4.43. The fourth-order valence-corrected chi connectivity index (χ4v) is 7.60. The lowest BCUT2D eigenvalue weighted by Gasteiger charge is -2.60. The van der Waals surface area contributed by atoms with Crippen molar-refractivity contribution in [1.82, 2.24) is 0 Å². The minimum absolute atomic E-state index is 0.0105. The summed E-state index contributed by atoms with van der Waals surface area (Å²) in [6, 6.07) is 0. The predicted octanol–water partition coefficient (Wildman–Crippen LogP) is 5.57. The second kappa shape index (κ2) is 6.18. The van der Waals surface area contributed by atoms with E-state index in [4.69, 9.17) is 16.3 Å². The van der Waals surface area contributed by atoms with Crippen LogP contribution in [-0.4, -0.2) is 18.0 Å². The van der Waals surface area contributed by atoms with E-state index in [1.54, 1.807) is 0 Å². The summed E-state index contributed by atoms with van der Waals surface area (Å²) < 4.78 is 5.59. The third kappa shape index (κ3) is 2.63. The molecule has 0 aliphatic heterocycles. The van der Waals surface area contributed by atoms with Gasteiger partial charge in [-0.15, -0.1) is 11.6 Å². The van der Waals surface area contributed by atoms with Gasteiger partial charge in [0, 0.05) is 0 Å². The summed E-state index contributed by atoms with van der Waals surface area (Å²) in [6.07, 6.45) is 13.5. The van der Waals surface area contributed by atoms with Gasteiger partial charge in [0.25, 0.3) is 0 Å². The Bertz CT molecular complexity index is 506. The first kappa shape index (κ1) is 17.2. The van der Waals surface area contributed by atoms with Crippen LogP contribution in [0.3, 0.4) is 0 Å². The highest BCUT2D eigenvalue weighted by Gasteiger charge is 2.58. The highest BCUT2D eigenvalue weighted by Crippen LogP contribution is 2.66. The van der Waals surface area contributed by atoms with Crippen LogP contribution in [0.1, 0.15) is 78.1 Å². The van der Waals surface area contributed by atoms with Crippen molar-refractivity contribution in [3.63, 3.8) is 0 Å². The Morgan fingerprint density at radius 3 is 2.67 bits per heavy atom. The molecular weight excluding hydrogens is 320 g/mol. The summed E-state index contributed by atoms with van der Waals surface area (Å²) in [5.41, 5.74) is 1.13. The number of hydrogen-bond donors (Lipinski definition) is 0. The Labute approximate surface area is 152 Å². The average molecular weight is 353 g/mol. The Morgan fingerprint density at radius 1 is 1.04 bits per heavy atom. The van der Waals surface area contributed by atoms with Crippen molar-refractivity contribution in [3.05, 3.63) is 0 Å². The highest BCUT2D eigenvalue weighted by atomic mass is 35.5. The van der Waals surface area contributed by atoms with Gasteiger partial charge in [0.1, 0.15) is 12.0 Å². The standard InChI is InChI=1S/C21H33ClO2/c1-20-9-3-4-17(20)16-6-5-14-12-15(24-19(23)13-22)7-11-21(14,2)18(16)8-10-20/h14-18H,3-13H2,1-2H3/t14-,15+,16-,17+,18+,20+,21+/m0/s1. The molecule has 0 aromatic carbocycles. The van der Waals surface area contributed by atoms with E-state index in [0.717, 1.165) is 36.5 Å². The van der Waals surface area contributed by atoms with Gasteiger partial charge in [-0.3, -0.25) is 4.79 Å². The summed E-state index contributed by atoms with van der Waals surface area (Å²) in [5.74, 6) is 3.36. The SMILES string of the molecule is C[C@]12CCC[C@@H]1[C@@H]1CC[C@H]3C[C@H](OC(=O)CCl)CC[C@@]3(C)[C@@H]1CC2. The first-order chi connectivity index (χ1) is 11.5. The van der Waals surface area contributed by atoms with Gasteiger partial charge >= 0.3 is 5.97 Å². The van der Waals surface area contributed by atoms with Crippen LogP contribution in [0.4, 0.5) is 0 Å². The lowest BCUT2D eigenvalue weighted by Crippen LogP contribution is -2.53. The summed E-state index contributed by atoms with van der Waals surface area (Å²) in [6.45, 7) is 5.16. The maximum atomic E-state index is 11.6. The van der Waals surface area contributed by atoms with Crippen molar-refractivity contribution < 1.29 is 9.53 Å². The molecular formula is C21H33ClO2. The average Bonchev–Trinajstić information content (AvgIpc) is 2.97. The lowest BCUT2D eigenvalue weighted by atomic mass is 9.45. The fraction of sp³-hybridized carbons (Fsp3) is 0.952. The molecule has 0 radical (unpaired) electrons. The number of carbonyl (C=O) groups excluding carboxylic acids is 1. The molecule has 3 heteroatoms. The van der Waals surface area contributed by atoms with Crippen molar-refractivity contribution in [2.75, 3.05) is 5.88 Å². The Morgan fingerprint density at radius 2 is 1.88 bits per heavy atom. The second-order valence-electron chi connectivity index (χ2n) is 9.76. The monoisotopic (exact) mass is 352 g/mol. The van der Waals surface area contributed by atoms with E-state index in [0.29, 0.717) is 10.8 Å². The van der Waals surface area contributed by atoms with Crippen LogP contribution < -0.4 is 0 Å². The zero-order valence-corrected chi connectivity index (χ0v) is 16.1. The third-order valence-electron chi connectivity index (χ3n) is 8.81. The maximum Gasteiger partial charge on any atom is 0.321 e. The Hall–Kier alpha value is -0.240. The number of ether oxygens (including phenoxy) is 1. The number of alkyl halides is 1. The van der Waals surface area contributed by atoms with Crippen LogP contribution in [0.25, 0.3) is 0 Å². The molecule has 0 unspecified atom stereocenters. The van der Waals surface area contributed by atoms with Gasteiger partial charge in [0.05, 0.1) is 0 Å². The summed E-state index contributed by atoms with van der Waals surface area (Å²) >= 11 is 5.62. The van der Waals surface area contributed by atoms with Crippen LogP contribution >= 0.6 is 11.6 Å². The topological polar surface area (TPSA) is 26.3 Å². The molecule has 0 N–H and O–H groups in total. The molecule has 4 fully saturated rings. The second-order valence-corrected chi connectivity index (χ2v) is 10.0. The molecule has 24 heavy (non-hydrogen) atoms. The molecule has 4 rings (SSSR count). The highest BCUT2D eigenvalue weighted by molar-refractivity contribution is 6.26. The zero-order valence-electron chi connectivity index (χ0n) is 15.4. The van der Waals surface area contributed by atoms with Crippen molar-refractivity contribution in [2.24, 2.45) is 34.5 Å². The van der Waals surface area contributed by atoms with E-state index in [1.165, 1.54) is 51.4 Å². The van der Waals surface area contributed by atoms with Gasteiger partial charge in [-0.1, -0.05) is 20.3 Å². The first-order valence-electron chi connectivity index (χ1n) is 10.2. The molecule has 4 aliphatic rings. The van der Waals surface area contributed by atoms with E-state index < -0.39 is 0 Å². The number of carbonyl (C=O) groups is 1. The van der Waals surface area contributed by atoms with Gasteiger partial charge in [0.15, 0.2) is 0 Å². The number of esters is 1. The van der Waals surface area contributed by atoms with Gasteiger partial charge in [-0.05, 0) is 92.3 Å². The molecule has 7 atom stereocenters. The predicted molar refractivity (Wildman–Crippen MR) is 96.9 cm³/mol. The largest absolute Gasteiger partial charge is 0.461 e. The normalized spacial score (nSPS) is 50.5. The molecule has 2 nitrogen and oxygen atoms in total. The summed E-state index contributed by atoms with van der Waals surface area (Å²) in [5, 5.41) is 0.